The van der Waals surface area contributed by atoms with Crippen LogP contribution in [0.4, 0.5) is 0 Å². The summed E-state index contributed by atoms with van der Waals surface area (Å²) < 4.78 is 5.22. The molecule has 0 spiro atoms. The van der Waals surface area contributed by atoms with Crippen LogP contribution in [0.25, 0.3) is 0 Å². The number of carbonyl (C=O) groups is 1. The highest BCUT2D eigenvalue weighted by Gasteiger charge is 2.03. The van der Waals surface area contributed by atoms with E-state index in [1.54, 1.807) is 24.3 Å². The van der Waals surface area contributed by atoms with Gasteiger partial charge in [0.25, 0.3) is 0 Å². The number of ether oxygens (including phenoxy) is 1. The number of hydrogen-bond acceptors (Lipinski definition) is 4. The molecule has 0 amide bonds. The molecule has 0 fully saturated rings. The van der Waals surface area contributed by atoms with Crippen LogP contribution in [-0.2, 0) is 0 Å². The maximum absolute atomic E-state index is 11.2. The molecule has 0 radical (unpaired) electrons. The lowest BCUT2D eigenvalue weighted by molar-refractivity contribution is 0.106. The molecule has 0 heterocycles. The molecule has 14 heavy (non-hydrogen) atoms. The van der Waals surface area contributed by atoms with E-state index in [0.717, 1.165) is 6.21 Å². The molecule has 0 aliphatic carbocycles. The molecule has 0 atom stereocenters. The molecule has 1 aromatic rings. The molecule has 4 nitrogen and oxygen atoms in total. The summed E-state index contributed by atoms with van der Waals surface area (Å²) in [6.07, 6.45) is 0.852. The quantitative estimate of drug-likeness (QED) is 0.343. The van der Waals surface area contributed by atoms with Crippen molar-refractivity contribution < 1.29 is 14.7 Å². The van der Waals surface area contributed by atoms with E-state index >= 15 is 0 Å². The van der Waals surface area contributed by atoms with E-state index in [-0.39, 0.29) is 5.78 Å². The summed E-state index contributed by atoms with van der Waals surface area (Å²) in [6.45, 7) is 2.41. The van der Waals surface area contributed by atoms with Crippen LogP contribution in [0, 0.1) is 0 Å². The Morgan fingerprint density at radius 3 is 3.07 bits per heavy atom. The van der Waals surface area contributed by atoms with E-state index in [9.17, 15) is 4.79 Å². The predicted octanol–water partition coefficient (Wildman–Crippen LogP) is 1.73. The largest absolute Gasteiger partial charge is 0.494 e. The first-order valence-electron chi connectivity index (χ1n) is 4.22. The molecule has 1 N–H and O–H groups in total. The molecule has 1 aromatic carbocycles. The molecule has 0 saturated heterocycles. The predicted molar refractivity (Wildman–Crippen MR) is 52.2 cm³/mol. The second-order valence-electron chi connectivity index (χ2n) is 2.57. The number of Topliss-reactive ketones (excluding diaryl/α,β-unsaturated/α-hetero) is 1. The van der Waals surface area contributed by atoms with Crippen LogP contribution >= 0.6 is 0 Å². The van der Waals surface area contributed by atoms with Crippen LogP contribution in [-0.4, -0.2) is 23.8 Å². The fraction of sp³-hybridized carbons (Fsp3) is 0.200. The van der Waals surface area contributed by atoms with Crippen LogP contribution in [0.2, 0.25) is 0 Å². The van der Waals surface area contributed by atoms with Crippen molar-refractivity contribution in [3.63, 3.8) is 0 Å². The average Bonchev–Trinajstić information content (AvgIpc) is 2.19. The van der Waals surface area contributed by atoms with Crippen LogP contribution in [0.3, 0.4) is 0 Å². The minimum absolute atomic E-state index is 0.353. The second-order valence-corrected chi connectivity index (χ2v) is 2.57. The summed E-state index contributed by atoms with van der Waals surface area (Å²) in [5.74, 6) is 0.277. The fourth-order valence-corrected chi connectivity index (χ4v) is 1.03. The van der Waals surface area contributed by atoms with E-state index in [0.29, 0.717) is 17.9 Å². The van der Waals surface area contributed by atoms with Gasteiger partial charge in [-0.25, -0.2) is 0 Å². The minimum atomic E-state index is -0.353. The maximum atomic E-state index is 11.2. The number of benzene rings is 1. The molecule has 0 unspecified atom stereocenters. The summed E-state index contributed by atoms with van der Waals surface area (Å²) in [5.41, 5.74) is 0.439. The van der Waals surface area contributed by atoms with Gasteiger partial charge in [-0.3, -0.25) is 4.79 Å². The summed E-state index contributed by atoms with van der Waals surface area (Å²) in [6, 6.07) is 6.71. The standard InChI is InChI=1S/C10H11NO3/c1-2-14-9-5-3-4-8(6-9)10(12)7-11-13/h3-7,13H,2H2,1H3. The number of rotatable bonds is 4. The summed E-state index contributed by atoms with van der Waals surface area (Å²) in [5, 5.41) is 10.9. The van der Waals surface area contributed by atoms with Gasteiger partial charge in [0.15, 0.2) is 0 Å². The Bertz CT molecular complexity index is 347. The number of ketones is 1. The zero-order valence-electron chi connectivity index (χ0n) is 7.80. The van der Waals surface area contributed by atoms with Crippen molar-refractivity contribution in [1.82, 2.24) is 0 Å². The van der Waals surface area contributed by atoms with Gasteiger partial charge in [0.2, 0.25) is 5.78 Å². The first kappa shape index (κ1) is 10.2. The molecule has 1 rings (SSSR count). The van der Waals surface area contributed by atoms with Gasteiger partial charge in [-0.05, 0) is 19.1 Å². The maximum Gasteiger partial charge on any atom is 0.207 e. The topological polar surface area (TPSA) is 58.9 Å². The van der Waals surface area contributed by atoms with Gasteiger partial charge < -0.3 is 9.94 Å². The Hall–Kier alpha value is -1.84. The molecular weight excluding hydrogens is 182 g/mol. The fourth-order valence-electron chi connectivity index (χ4n) is 1.03. The number of oxime groups is 1. The smallest absolute Gasteiger partial charge is 0.207 e. The minimum Gasteiger partial charge on any atom is -0.494 e. The lowest BCUT2D eigenvalue weighted by atomic mass is 10.1. The molecular formula is C10H11NO3. The van der Waals surface area contributed by atoms with Crippen LogP contribution in [0.15, 0.2) is 29.4 Å². The van der Waals surface area contributed by atoms with Crippen molar-refractivity contribution >= 4 is 12.0 Å². The monoisotopic (exact) mass is 193 g/mol. The van der Waals surface area contributed by atoms with E-state index in [2.05, 4.69) is 5.16 Å². The number of hydrogen-bond donors (Lipinski definition) is 1. The van der Waals surface area contributed by atoms with Gasteiger partial charge in [0, 0.05) is 5.56 Å². The van der Waals surface area contributed by atoms with Crippen molar-refractivity contribution in [3.8, 4) is 5.75 Å². The number of nitrogens with zero attached hydrogens (tertiary/aromatic N) is 1. The first-order valence-corrected chi connectivity index (χ1v) is 4.22. The molecule has 0 aliphatic rings. The van der Waals surface area contributed by atoms with Gasteiger partial charge in [0.1, 0.15) is 12.0 Å². The molecule has 4 heteroatoms. The van der Waals surface area contributed by atoms with Crippen molar-refractivity contribution in [2.24, 2.45) is 5.16 Å². The molecule has 0 aromatic heterocycles. The Morgan fingerprint density at radius 2 is 2.43 bits per heavy atom. The highest BCUT2D eigenvalue weighted by Crippen LogP contribution is 2.13. The van der Waals surface area contributed by atoms with Gasteiger partial charge >= 0.3 is 0 Å². The zero-order valence-corrected chi connectivity index (χ0v) is 7.80. The summed E-state index contributed by atoms with van der Waals surface area (Å²) >= 11 is 0. The lowest BCUT2D eigenvalue weighted by Crippen LogP contribution is -2.01. The Kier molecular flexibility index (Phi) is 3.67. The third-order valence-corrected chi connectivity index (χ3v) is 1.60. The van der Waals surface area contributed by atoms with Crippen molar-refractivity contribution in [3.05, 3.63) is 29.8 Å². The van der Waals surface area contributed by atoms with Gasteiger partial charge in [-0.2, -0.15) is 0 Å². The third kappa shape index (κ3) is 2.58. The lowest BCUT2D eigenvalue weighted by Gasteiger charge is -2.03. The Balaban J connectivity index is 2.87. The van der Waals surface area contributed by atoms with Crippen molar-refractivity contribution in [2.75, 3.05) is 6.61 Å². The molecule has 74 valence electrons. The summed E-state index contributed by atoms with van der Waals surface area (Å²) in [4.78, 5) is 11.2. The Morgan fingerprint density at radius 1 is 1.64 bits per heavy atom. The highest BCUT2D eigenvalue weighted by molar-refractivity contribution is 6.35. The second kappa shape index (κ2) is 5.01. The molecule has 0 aliphatic heterocycles. The molecule has 0 bridgehead atoms. The summed E-state index contributed by atoms with van der Waals surface area (Å²) in [7, 11) is 0. The third-order valence-electron chi connectivity index (χ3n) is 1.60. The highest BCUT2D eigenvalue weighted by atomic mass is 16.5. The van der Waals surface area contributed by atoms with Crippen LogP contribution < -0.4 is 4.74 Å². The van der Waals surface area contributed by atoms with Gasteiger partial charge in [-0.15, -0.1) is 0 Å². The number of carbonyl (C=O) groups excluding carboxylic acids is 1. The van der Waals surface area contributed by atoms with E-state index in [1.807, 2.05) is 6.92 Å². The van der Waals surface area contributed by atoms with E-state index < -0.39 is 0 Å². The van der Waals surface area contributed by atoms with Crippen LogP contribution in [0.5, 0.6) is 5.75 Å². The Labute approximate surface area is 81.8 Å². The van der Waals surface area contributed by atoms with E-state index in [1.165, 1.54) is 0 Å². The van der Waals surface area contributed by atoms with Crippen LogP contribution in [0.1, 0.15) is 17.3 Å². The molecule has 0 saturated carbocycles. The van der Waals surface area contributed by atoms with E-state index in [4.69, 9.17) is 9.94 Å². The van der Waals surface area contributed by atoms with Gasteiger partial charge in [0.05, 0.1) is 6.61 Å². The first-order chi connectivity index (χ1) is 6.77. The van der Waals surface area contributed by atoms with Crippen molar-refractivity contribution in [2.45, 2.75) is 6.92 Å². The average molecular weight is 193 g/mol. The van der Waals surface area contributed by atoms with Crippen molar-refractivity contribution in [1.29, 1.82) is 0 Å². The SMILES string of the molecule is CCOc1cccc(C(=O)C=NO)c1. The van der Waals surface area contributed by atoms with Gasteiger partial charge in [-0.1, -0.05) is 17.3 Å². The normalized spacial score (nSPS) is 10.4. The zero-order chi connectivity index (χ0) is 10.4.